The molecule has 3 rings (SSSR count). The first-order chi connectivity index (χ1) is 14.6. The number of hydrogen-bond donors (Lipinski definition) is 1. The van der Waals surface area contributed by atoms with Crippen LogP contribution in [-0.2, 0) is 14.2 Å². The second-order valence-corrected chi connectivity index (χ2v) is 9.11. The zero-order chi connectivity index (χ0) is 21.2. The Morgan fingerprint density at radius 2 is 1.87 bits per heavy atom. The molecule has 3 saturated heterocycles. The van der Waals surface area contributed by atoms with E-state index >= 15 is 0 Å². The molecule has 3 aliphatic rings. The van der Waals surface area contributed by atoms with Crippen LogP contribution in [0.1, 0.15) is 59.3 Å². The fourth-order valence-electron chi connectivity index (χ4n) is 4.79. The molecular weight excluding hydrogens is 380 g/mol. The Kier molecular flexibility index (Phi) is 10.2. The second-order valence-electron chi connectivity index (χ2n) is 9.11. The van der Waals surface area contributed by atoms with Crippen LogP contribution in [0.3, 0.4) is 0 Å². The Hall–Kier alpha value is -0.890. The lowest BCUT2D eigenvalue weighted by Gasteiger charge is -2.35. The first-order valence-corrected chi connectivity index (χ1v) is 12.3. The van der Waals surface area contributed by atoms with Gasteiger partial charge in [-0.15, -0.1) is 0 Å². The van der Waals surface area contributed by atoms with E-state index in [0.29, 0.717) is 24.4 Å². The second kappa shape index (κ2) is 12.8. The molecule has 0 aromatic carbocycles. The number of morpholine rings is 1. The number of nitrogens with zero attached hydrogens (tertiary/aromatic N) is 3. The fraction of sp³-hybridized carbons (Fsp3) is 0.957. The van der Waals surface area contributed by atoms with Gasteiger partial charge in [0.2, 0.25) is 0 Å². The summed E-state index contributed by atoms with van der Waals surface area (Å²) in [6, 6.07) is 0. The number of guanidine groups is 1. The van der Waals surface area contributed by atoms with Crippen molar-refractivity contribution in [2.75, 3.05) is 59.0 Å². The Balaban J connectivity index is 1.35. The minimum atomic E-state index is 0.313. The maximum atomic E-state index is 6.17. The van der Waals surface area contributed by atoms with Crippen LogP contribution in [0.5, 0.6) is 0 Å². The number of likely N-dealkylation sites (tertiary alicyclic amines) is 1. The summed E-state index contributed by atoms with van der Waals surface area (Å²) in [7, 11) is 0. The van der Waals surface area contributed by atoms with E-state index in [9.17, 15) is 0 Å². The molecule has 0 aliphatic carbocycles. The smallest absolute Gasteiger partial charge is 0.193 e. The first-order valence-electron chi connectivity index (χ1n) is 12.3. The van der Waals surface area contributed by atoms with Crippen LogP contribution in [0.25, 0.3) is 0 Å². The van der Waals surface area contributed by atoms with Gasteiger partial charge in [-0.2, -0.15) is 0 Å². The predicted molar refractivity (Wildman–Crippen MR) is 121 cm³/mol. The summed E-state index contributed by atoms with van der Waals surface area (Å²) in [5.74, 6) is 1.07. The molecule has 3 aliphatic heterocycles. The lowest BCUT2D eigenvalue weighted by atomic mass is 10.1. The molecule has 1 N–H and O–H groups in total. The van der Waals surface area contributed by atoms with Crippen LogP contribution in [-0.4, -0.2) is 99.2 Å². The quantitative estimate of drug-likeness (QED) is 0.367. The number of piperidine rings is 1. The maximum Gasteiger partial charge on any atom is 0.193 e. The number of ether oxygens (including phenoxy) is 3. The van der Waals surface area contributed by atoms with Gasteiger partial charge < -0.3 is 24.4 Å². The third kappa shape index (κ3) is 7.98. The third-order valence-electron chi connectivity index (χ3n) is 6.26. The SMILES string of the molecule is CCNC(=NCCCN1CC(C)OC(C)C1)N1CCC(OCC2CCCCO2)CC1. The summed E-state index contributed by atoms with van der Waals surface area (Å²) >= 11 is 0. The highest BCUT2D eigenvalue weighted by Gasteiger charge is 2.24. The van der Waals surface area contributed by atoms with Gasteiger partial charge in [0.25, 0.3) is 0 Å². The van der Waals surface area contributed by atoms with Gasteiger partial charge in [-0.25, -0.2) is 0 Å². The summed E-state index contributed by atoms with van der Waals surface area (Å²) in [5.41, 5.74) is 0. The molecule has 7 heteroatoms. The average Bonchev–Trinajstić information content (AvgIpc) is 2.75. The van der Waals surface area contributed by atoms with E-state index in [2.05, 4.69) is 35.9 Å². The van der Waals surface area contributed by atoms with Crippen LogP contribution >= 0.6 is 0 Å². The summed E-state index contributed by atoms with van der Waals surface area (Å²) < 4.78 is 17.8. The Morgan fingerprint density at radius 3 is 2.53 bits per heavy atom. The maximum absolute atomic E-state index is 6.17. The molecule has 0 aromatic rings. The summed E-state index contributed by atoms with van der Waals surface area (Å²) in [6.45, 7) is 15.1. The number of aliphatic imine (C=N–C) groups is 1. The van der Waals surface area contributed by atoms with Crippen LogP contribution in [0.4, 0.5) is 0 Å². The molecule has 30 heavy (non-hydrogen) atoms. The van der Waals surface area contributed by atoms with Crippen molar-refractivity contribution in [3.8, 4) is 0 Å². The van der Waals surface area contributed by atoms with Crippen molar-refractivity contribution in [3.05, 3.63) is 0 Å². The van der Waals surface area contributed by atoms with E-state index in [1.165, 1.54) is 12.8 Å². The van der Waals surface area contributed by atoms with Crippen molar-refractivity contribution in [2.24, 2.45) is 4.99 Å². The van der Waals surface area contributed by atoms with Crippen molar-refractivity contribution in [2.45, 2.75) is 83.7 Å². The molecule has 3 atom stereocenters. The van der Waals surface area contributed by atoms with Crippen LogP contribution in [0.2, 0.25) is 0 Å². The van der Waals surface area contributed by atoms with Gasteiger partial charge >= 0.3 is 0 Å². The third-order valence-corrected chi connectivity index (χ3v) is 6.26. The number of rotatable bonds is 8. The molecule has 0 amide bonds. The van der Waals surface area contributed by atoms with Gasteiger partial charge in [0.1, 0.15) is 0 Å². The largest absolute Gasteiger partial charge is 0.376 e. The molecule has 0 radical (unpaired) electrons. The van der Waals surface area contributed by atoms with Crippen LogP contribution in [0.15, 0.2) is 4.99 Å². The molecule has 3 fully saturated rings. The van der Waals surface area contributed by atoms with Crippen molar-refractivity contribution in [1.29, 1.82) is 0 Å². The lowest BCUT2D eigenvalue weighted by Crippen LogP contribution is -2.47. The average molecular weight is 425 g/mol. The molecular formula is C23H44N4O3. The van der Waals surface area contributed by atoms with Gasteiger partial charge in [0, 0.05) is 52.4 Å². The van der Waals surface area contributed by atoms with Gasteiger partial charge in [-0.1, -0.05) is 0 Å². The summed E-state index contributed by atoms with van der Waals surface area (Å²) in [6.07, 6.45) is 8.21. The van der Waals surface area contributed by atoms with Gasteiger partial charge in [0.15, 0.2) is 5.96 Å². The highest BCUT2D eigenvalue weighted by Crippen LogP contribution is 2.18. The fourth-order valence-corrected chi connectivity index (χ4v) is 4.79. The molecule has 174 valence electrons. The normalized spacial score (nSPS) is 29.9. The Labute approximate surface area is 183 Å². The molecule has 0 spiro atoms. The van der Waals surface area contributed by atoms with Crippen molar-refractivity contribution >= 4 is 5.96 Å². The number of nitrogens with one attached hydrogen (secondary N) is 1. The van der Waals surface area contributed by atoms with E-state index in [-0.39, 0.29) is 0 Å². The predicted octanol–water partition coefficient (Wildman–Crippen LogP) is 2.50. The van der Waals surface area contributed by atoms with E-state index < -0.39 is 0 Å². The molecule has 3 heterocycles. The van der Waals surface area contributed by atoms with Gasteiger partial charge in [0.05, 0.1) is 31.0 Å². The van der Waals surface area contributed by atoms with Gasteiger partial charge in [-0.05, 0) is 59.3 Å². The monoisotopic (exact) mass is 424 g/mol. The molecule has 3 unspecified atom stereocenters. The number of hydrogen-bond acceptors (Lipinski definition) is 5. The zero-order valence-corrected chi connectivity index (χ0v) is 19.5. The van der Waals surface area contributed by atoms with E-state index in [0.717, 1.165) is 90.7 Å². The standard InChI is InChI=1S/C23H44N4O3/c1-4-24-23(25-11-7-12-26-16-19(2)30-20(3)17-26)27-13-9-21(10-14-27)29-18-22-8-5-6-15-28-22/h19-22H,4-18H2,1-3H3,(H,24,25). The van der Waals surface area contributed by atoms with Gasteiger partial charge in [-0.3, -0.25) is 9.89 Å². The van der Waals surface area contributed by atoms with Crippen molar-refractivity contribution < 1.29 is 14.2 Å². The molecule has 0 saturated carbocycles. The topological polar surface area (TPSA) is 58.6 Å². The molecule has 7 nitrogen and oxygen atoms in total. The molecule has 0 bridgehead atoms. The highest BCUT2D eigenvalue weighted by atomic mass is 16.5. The van der Waals surface area contributed by atoms with Crippen molar-refractivity contribution in [3.63, 3.8) is 0 Å². The molecule has 0 aromatic heterocycles. The van der Waals surface area contributed by atoms with Crippen LogP contribution in [0, 0.1) is 0 Å². The summed E-state index contributed by atoms with van der Waals surface area (Å²) in [4.78, 5) is 9.83. The highest BCUT2D eigenvalue weighted by molar-refractivity contribution is 5.80. The minimum Gasteiger partial charge on any atom is -0.376 e. The lowest BCUT2D eigenvalue weighted by molar-refractivity contribution is -0.0721. The van der Waals surface area contributed by atoms with E-state index in [1.807, 2.05) is 0 Å². The van der Waals surface area contributed by atoms with E-state index in [1.54, 1.807) is 0 Å². The Morgan fingerprint density at radius 1 is 1.10 bits per heavy atom. The van der Waals surface area contributed by atoms with Crippen molar-refractivity contribution in [1.82, 2.24) is 15.1 Å². The first kappa shape index (κ1) is 23.8. The summed E-state index contributed by atoms with van der Waals surface area (Å²) in [5, 5.41) is 3.48. The van der Waals surface area contributed by atoms with E-state index in [4.69, 9.17) is 19.2 Å². The Bertz CT molecular complexity index is 495. The zero-order valence-electron chi connectivity index (χ0n) is 19.5. The minimum absolute atomic E-state index is 0.313. The van der Waals surface area contributed by atoms with Crippen LogP contribution < -0.4 is 5.32 Å².